The predicted octanol–water partition coefficient (Wildman–Crippen LogP) is 3.89. The monoisotopic (exact) mass is 298 g/mol. The van der Waals surface area contributed by atoms with E-state index in [4.69, 9.17) is 9.47 Å². The minimum Gasteiger partial charge on any atom is -0.457 e. The first-order chi connectivity index (χ1) is 9.19. The van der Waals surface area contributed by atoms with E-state index >= 15 is 0 Å². The summed E-state index contributed by atoms with van der Waals surface area (Å²) in [5.74, 6) is -0.952. The molecule has 0 aromatic carbocycles. The van der Waals surface area contributed by atoms with Crippen LogP contribution in [0.4, 0.5) is 0 Å². The highest BCUT2D eigenvalue weighted by molar-refractivity contribution is 5.82. The molecular formula is C17H30O4. The molecule has 0 rings (SSSR count). The van der Waals surface area contributed by atoms with E-state index in [0.29, 0.717) is 0 Å². The molecule has 4 nitrogen and oxygen atoms in total. The van der Waals surface area contributed by atoms with E-state index in [1.54, 1.807) is 20.8 Å². The van der Waals surface area contributed by atoms with Gasteiger partial charge >= 0.3 is 11.9 Å². The normalized spacial score (nSPS) is 14.9. The molecule has 4 heteroatoms. The van der Waals surface area contributed by atoms with Crippen LogP contribution < -0.4 is 0 Å². The van der Waals surface area contributed by atoms with Gasteiger partial charge in [-0.1, -0.05) is 32.4 Å². The molecule has 0 aliphatic heterocycles. The van der Waals surface area contributed by atoms with E-state index in [9.17, 15) is 9.59 Å². The number of hydrogen-bond donors (Lipinski definition) is 0. The topological polar surface area (TPSA) is 52.6 Å². The third-order valence-electron chi connectivity index (χ3n) is 3.30. The molecule has 0 saturated heterocycles. The van der Waals surface area contributed by atoms with E-state index in [1.165, 1.54) is 0 Å². The van der Waals surface area contributed by atoms with Crippen LogP contribution in [-0.4, -0.2) is 24.1 Å². The molecule has 0 heterocycles. The van der Waals surface area contributed by atoms with Crippen LogP contribution in [0.25, 0.3) is 0 Å². The first kappa shape index (κ1) is 19.7. The van der Waals surface area contributed by atoms with Crippen molar-refractivity contribution in [1.29, 1.82) is 0 Å². The van der Waals surface area contributed by atoms with Gasteiger partial charge in [0.2, 0.25) is 0 Å². The number of carbonyl (C=O) groups is 2. The quantitative estimate of drug-likeness (QED) is 0.583. The Hall–Kier alpha value is -1.32. The lowest BCUT2D eigenvalue weighted by Gasteiger charge is -2.37. The molecule has 1 unspecified atom stereocenters. The zero-order valence-corrected chi connectivity index (χ0v) is 14.9. The summed E-state index contributed by atoms with van der Waals surface area (Å²) in [4.78, 5) is 24.1. The molecule has 21 heavy (non-hydrogen) atoms. The van der Waals surface area contributed by atoms with Gasteiger partial charge in [0, 0.05) is 0 Å². The molecule has 0 spiro atoms. The van der Waals surface area contributed by atoms with Gasteiger partial charge in [0.15, 0.2) is 6.61 Å². The molecule has 0 aliphatic carbocycles. The van der Waals surface area contributed by atoms with Crippen molar-refractivity contribution in [2.75, 3.05) is 6.61 Å². The van der Waals surface area contributed by atoms with Gasteiger partial charge in [-0.25, -0.2) is 4.79 Å². The molecule has 0 radical (unpaired) electrons. The molecule has 122 valence electrons. The zero-order chi connectivity index (χ0) is 17.1. The van der Waals surface area contributed by atoms with Gasteiger partial charge in [0.1, 0.15) is 5.60 Å². The van der Waals surface area contributed by atoms with Gasteiger partial charge < -0.3 is 9.47 Å². The second-order valence-corrected chi connectivity index (χ2v) is 7.84. The maximum absolute atomic E-state index is 12.4. The molecule has 0 amide bonds. The molecule has 0 saturated carbocycles. The molecule has 0 aliphatic rings. The highest BCUT2D eigenvalue weighted by Gasteiger charge is 2.44. The Morgan fingerprint density at radius 2 is 1.43 bits per heavy atom. The molecule has 0 bridgehead atoms. The summed E-state index contributed by atoms with van der Waals surface area (Å²) in [5.41, 5.74) is -0.679. The van der Waals surface area contributed by atoms with Crippen LogP contribution in [0.5, 0.6) is 0 Å². The van der Waals surface area contributed by atoms with Gasteiger partial charge in [0.25, 0.3) is 0 Å². The lowest BCUT2D eigenvalue weighted by molar-refractivity contribution is -0.172. The van der Waals surface area contributed by atoms with E-state index < -0.39 is 23.0 Å². The molecular weight excluding hydrogens is 268 g/mol. The van der Waals surface area contributed by atoms with Crippen LogP contribution in [0.2, 0.25) is 0 Å². The minimum absolute atomic E-state index is 0.324. The van der Waals surface area contributed by atoms with Crippen LogP contribution in [0.1, 0.15) is 62.3 Å². The van der Waals surface area contributed by atoms with Crippen LogP contribution in [-0.2, 0) is 19.1 Å². The molecule has 0 aromatic rings. The third-order valence-corrected chi connectivity index (χ3v) is 3.30. The number of rotatable bonds is 4. The second-order valence-electron chi connectivity index (χ2n) is 7.84. The Morgan fingerprint density at radius 3 is 1.76 bits per heavy atom. The maximum atomic E-state index is 12.4. The van der Waals surface area contributed by atoms with E-state index in [1.807, 2.05) is 47.6 Å². The van der Waals surface area contributed by atoms with Crippen molar-refractivity contribution in [3.63, 3.8) is 0 Å². The van der Waals surface area contributed by atoms with Crippen LogP contribution in [0.3, 0.4) is 0 Å². The SMILES string of the molecule is CC(C)=CC(C)(C(=O)OCC(=O)OC(C)(C)C)C(C)(C)C. The lowest BCUT2D eigenvalue weighted by atomic mass is 9.67. The predicted molar refractivity (Wildman–Crippen MR) is 83.8 cm³/mol. The van der Waals surface area contributed by atoms with Crippen molar-refractivity contribution >= 4 is 11.9 Å². The van der Waals surface area contributed by atoms with Gasteiger partial charge in [-0.05, 0) is 47.0 Å². The van der Waals surface area contributed by atoms with Crippen molar-refractivity contribution in [1.82, 2.24) is 0 Å². The Bertz CT molecular complexity index is 417. The highest BCUT2D eigenvalue weighted by atomic mass is 16.6. The Balaban J connectivity index is 4.96. The minimum atomic E-state index is -0.798. The smallest absolute Gasteiger partial charge is 0.344 e. The van der Waals surface area contributed by atoms with Crippen molar-refractivity contribution < 1.29 is 19.1 Å². The van der Waals surface area contributed by atoms with Crippen molar-refractivity contribution in [2.24, 2.45) is 10.8 Å². The summed E-state index contributed by atoms with van der Waals surface area (Å²) in [6.45, 7) is 16.6. The maximum Gasteiger partial charge on any atom is 0.344 e. The van der Waals surface area contributed by atoms with Crippen molar-refractivity contribution in [3.8, 4) is 0 Å². The molecule has 1 atom stereocenters. The summed E-state index contributed by atoms with van der Waals surface area (Å²) >= 11 is 0. The fourth-order valence-corrected chi connectivity index (χ4v) is 1.80. The zero-order valence-electron chi connectivity index (χ0n) is 14.9. The van der Waals surface area contributed by atoms with Crippen molar-refractivity contribution in [3.05, 3.63) is 11.6 Å². The average Bonchev–Trinajstić information content (AvgIpc) is 2.20. The van der Waals surface area contributed by atoms with Gasteiger partial charge in [-0.15, -0.1) is 0 Å². The second kappa shape index (κ2) is 6.63. The summed E-state index contributed by atoms with van der Waals surface area (Å²) in [7, 11) is 0. The third kappa shape index (κ3) is 6.32. The standard InChI is InChI=1S/C17H30O4/c1-12(2)10-17(9,15(3,4)5)14(19)20-11-13(18)21-16(6,7)8/h10H,11H2,1-9H3. The Labute approximate surface area is 128 Å². The lowest BCUT2D eigenvalue weighted by Crippen LogP contribution is -2.41. The van der Waals surface area contributed by atoms with Gasteiger partial charge in [-0.2, -0.15) is 0 Å². The van der Waals surface area contributed by atoms with E-state index in [-0.39, 0.29) is 12.0 Å². The summed E-state index contributed by atoms with van der Waals surface area (Å²) in [6, 6.07) is 0. The Kier molecular flexibility index (Phi) is 6.21. The first-order valence-corrected chi connectivity index (χ1v) is 7.24. The van der Waals surface area contributed by atoms with Gasteiger partial charge in [-0.3, -0.25) is 4.79 Å². The molecule has 0 aromatic heterocycles. The molecule has 0 fully saturated rings. The van der Waals surface area contributed by atoms with E-state index in [2.05, 4.69) is 0 Å². The Morgan fingerprint density at radius 1 is 0.952 bits per heavy atom. The fraction of sp³-hybridized carbons (Fsp3) is 0.765. The van der Waals surface area contributed by atoms with Gasteiger partial charge in [0.05, 0.1) is 5.41 Å². The highest BCUT2D eigenvalue weighted by Crippen LogP contribution is 2.41. The van der Waals surface area contributed by atoms with Crippen molar-refractivity contribution in [2.45, 2.75) is 67.9 Å². The number of hydrogen-bond acceptors (Lipinski definition) is 4. The molecule has 0 N–H and O–H groups in total. The number of allylic oxidation sites excluding steroid dienone is 1. The number of carbonyl (C=O) groups excluding carboxylic acids is 2. The largest absolute Gasteiger partial charge is 0.457 e. The summed E-state index contributed by atoms with van der Waals surface area (Å²) in [5, 5.41) is 0. The average molecular weight is 298 g/mol. The van der Waals surface area contributed by atoms with Crippen LogP contribution >= 0.6 is 0 Å². The first-order valence-electron chi connectivity index (χ1n) is 7.24. The van der Waals surface area contributed by atoms with Crippen LogP contribution in [0, 0.1) is 10.8 Å². The van der Waals surface area contributed by atoms with E-state index in [0.717, 1.165) is 5.57 Å². The number of esters is 2. The number of ether oxygens (including phenoxy) is 2. The summed E-state index contributed by atoms with van der Waals surface area (Å²) in [6.07, 6.45) is 1.89. The fourth-order valence-electron chi connectivity index (χ4n) is 1.80. The summed E-state index contributed by atoms with van der Waals surface area (Å²) < 4.78 is 10.3. The van der Waals surface area contributed by atoms with Crippen LogP contribution in [0.15, 0.2) is 11.6 Å².